The van der Waals surface area contributed by atoms with Gasteiger partial charge in [0.15, 0.2) is 0 Å². The van der Waals surface area contributed by atoms with E-state index in [0.29, 0.717) is 0 Å². The normalized spacial score (nSPS) is 19.3. The quantitative estimate of drug-likeness (QED) is 0.857. The number of nitrogens with one attached hydrogen (secondary N) is 1. The third-order valence-corrected chi connectivity index (χ3v) is 5.44. The van der Waals surface area contributed by atoms with E-state index < -0.39 is 0 Å². The van der Waals surface area contributed by atoms with Crippen LogP contribution in [0.4, 0.5) is 0 Å². The maximum absolute atomic E-state index is 12.8. The van der Waals surface area contributed by atoms with E-state index in [-0.39, 0.29) is 5.91 Å². The van der Waals surface area contributed by atoms with Gasteiger partial charge in [0, 0.05) is 64.1 Å². The SMILES string of the molecule is O=C(c1ccc(-c2ccn[nH]2)cc1)N1CCN(CCN2CCOCC2)CC1. The first kappa shape index (κ1) is 18.2. The van der Waals surface area contributed by atoms with Crippen LogP contribution in [0.3, 0.4) is 0 Å². The van der Waals surface area contributed by atoms with Crippen LogP contribution in [-0.2, 0) is 4.74 Å². The van der Waals surface area contributed by atoms with Crippen molar-refractivity contribution in [2.75, 3.05) is 65.6 Å². The predicted molar refractivity (Wildman–Crippen MR) is 104 cm³/mol. The van der Waals surface area contributed by atoms with E-state index in [2.05, 4.69) is 20.0 Å². The number of rotatable bonds is 5. The molecule has 0 spiro atoms. The van der Waals surface area contributed by atoms with Crippen LogP contribution >= 0.6 is 0 Å². The van der Waals surface area contributed by atoms with Crippen molar-refractivity contribution >= 4 is 5.91 Å². The van der Waals surface area contributed by atoms with Crippen LogP contribution in [0.5, 0.6) is 0 Å². The minimum absolute atomic E-state index is 0.124. The molecular formula is C20H27N5O2. The molecule has 0 unspecified atom stereocenters. The van der Waals surface area contributed by atoms with Crippen LogP contribution in [0.1, 0.15) is 10.4 Å². The second kappa shape index (κ2) is 8.65. The molecule has 7 heteroatoms. The first-order valence-corrected chi connectivity index (χ1v) is 9.71. The molecule has 2 aliphatic heterocycles. The fourth-order valence-corrected chi connectivity index (χ4v) is 3.67. The van der Waals surface area contributed by atoms with Gasteiger partial charge in [0.05, 0.1) is 18.9 Å². The maximum Gasteiger partial charge on any atom is 0.253 e. The Bertz CT molecular complexity index is 717. The molecule has 2 saturated heterocycles. The molecule has 2 fully saturated rings. The Balaban J connectivity index is 1.25. The van der Waals surface area contributed by atoms with Gasteiger partial charge in [-0.05, 0) is 23.8 Å². The summed E-state index contributed by atoms with van der Waals surface area (Å²) in [6.45, 7) is 9.41. The number of benzene rings is 1. The highest BCUT2D eigenvalue weighted by Crippen LogP contribution is 2.18. The van der Waals surface area contributed by atoms with Crippen molar-refractivity contribution in [2.24, 2.45) is 0 Å². The van der Waals surface area contributed by atoms with Crippen molar-refractivity contribution in [3.8, 4) is 11.3 Å². The maximum atomic E-state index is 12.8. The summed E-state index contributed by atoms with van der Waals surface area (Å²) in [5, 5.41) is 6.91. The summed E-state index contributed by atoms with van der Waals surface area (Å²) in [7, 11) is 0. The summed E-state index contributed by atoms with van der Waals surface area (Å²) in [4.78, 5) is 19.7. The number of H-pyrrole nitrogens is 1. The zero-order valence-corrected chi connectivity index (χ0v) is 15.6. The lowest BCUT2D eigenvalue weighted by Gasteiger charge is -2.36. The molecule has 2 aromatic rings. The molecular weight excluding hydrogens is 342 g/mol. The van der Waals surface area contributed by atoms with Crippen molar-refractivity contribution in [3.63, 3.8) is 0 Å². The molecule has 0 bridgehead atoms. The lowest BCUT2D eigenvalue weighted by atomic mass is 10.1. The molecule has 1 aromatic carbocycles. The third-order valence-electron chi connectivity index (χ3n) is 5.44. The number of hydrogen-bond donors (Lipinski definition) is 1. The largest absolute Gasteiger partial charge is 0.379 e. The molecule has 3 heterocycles. The minimum Gasteiger partial charge on any atom is -0.379 e. The van der Waals surface area contributed by atoms with Crippen LogP contribution in [0, 0.1) is 0 Å². The fraction of sp³-hybridized carbons (Fsp3) is 0.500. The number of piperazine rings is 1. The molecule has 2 aliphatic rings. The van der Waals surface area contributed by atoms with Crippen LogP contribution in [0.2, 0.25) is 0 Å². The number of nitrogens with zero attached hydrogens (tertiary/aromatic N) is 4. The van der Waals surface area contributed by atoms with Gasteiger partial charge in [-0.2, -0.15) is 5.10 Å². The summed E-state index contributed by atoms with van der Waals surface area (Å²) >= 11 is 0. The van der Waals surface area contributed by atoms with Crippen LogP contribution in [0.15, 0.2) is 36.5 Å². The number of morpholine rings is 1. The van der Waals surface area contributed by atoms with E-state index in [1.165, 1.54) is 0 Å². The number of ether oxygens (including phenoxy) is 1. The zero-order chi connectivity index (χ0) is 18.5. The smallest absolute Gasteiger partial charge is 0.253 e. The Morgan fingerprint density at radius 3 is 2.22 bits per heavy atom. The van der Waals surface area contributed by atoms with Gasteiger partial charge in [0.2, 0.25) is 0 Å². The second-order valence-electron chi connectivity index (χ2n) is 7.14. The van der Waals surface area contributed by atoms with Gasteiger partial charge in [0.25, 0.3) is 5.91 Å². The summed E-state index contributed by atoms with van der Waals surface area (Å²) in [6, 6.07) is 9.68. The van der Waals surface area contributed by atoms with Gasteiger partial charge < -0.3 is 9.64 Å². The zero-order valence-electron chi connectivity index (χ0n) is 15.6. The average Bonchev–Trinajstić information content (AvgIpc) is 3.28. The Morgan fingerprint density at radius 2 is 1.59 bits per heavy atom. The number of hydrogen-bond acceptors (Lipinski definition) is 5. The van der Waals surface area contributed by atoms with E-state index in [9.17, 15) is 4.79 Å². The summed E-state index contributed by atoms with van der Waals surface area (Å²) in [5.41, 5.74) is 2.75. The highest BCUT2D eigenvalue weighted by Gasteiger charge is 2.22. The highest BCUT2D eigenvalue weighted by atomic mass is 16.5. The predicted octanol–water partition coefficient (Wildman–Crippen LogP) is 1.17. The molecule has 0 aliphatic carbocycles. The Kier molecular flexibility index (Phi) is 5.81. The molecule has 1 N–H and O–H groups in total. The van der Waals surface area contributed by atoms with Gasteiger partial charge in [0.1, 0.15) is 0 Å². The molecule has 1 aromatic heterocycles. The number of amides is 1. The number of carbonyl (C=O) groups is 1. The second-order valence-corrected chi connectivity index (χ2v) is 7.14. The molecule has 144 valence electrons. The molecule has 4 rings (SSSR count). The lowest BCUT2D eigenvalue weighted by Crippen LogP contribution is -2.51. The molecule has 0 saturated carbocycles. The fourth-order valence-electron chi connectivity index (χ4n) is 3.67. The third kappa shape index (κ3) is 4.55. The summed E-state index contributed by atoms with van der Waals surface area (Å²) < 4.78 is 5.40. The van der Waals surface area contributed by atoms with Crippen molar-refractivity contribution in [1.82, 2.24) is 24.9 Å². The van der Waals surface area contributed by atoms with Gasteiger partial charge in [-0.3, -0.25) is 19.7 Å². The number of aromatic nitrogens is 2. The molecule has 0 atom stereocenters. The van der Waals surface area contributed by atoms with Crippen LogP contribution < -0.4 is 0 Å². The minimum atomic E-state index is 0.124. The van der Waals surface area contributed by atoms with Crippen molar-refractivity contribution in [3.05, 3.63) is 42.1 Å². The van der Waals surface area contributed by atoms with Gasteiger partial charge >= 0.3 is 0 Å². The molecule has 27 heavy (non-hydrogen) atoms. The highest BCUT2D eigenvalue weighted by molar-refractivity contribution is 5.94. The van der Waals surface area contributed by atoms with Crippen LogP contribution in [-0.4, -0.2) is 96.4 Å². The average molecular weight is 369 g/mol. The first-order chi connectivity index (χ1) is 13.3. The molecule has 1 amide bonds. The Hall–Kier alpha value is -2.22. The topological polar surface area (TPSA) is 64.7 Å². The lowest BCUT2D eigenvalue weighted by molar-refractivity contribution is 0.0293. The van der Waals surface area contributed by atoms with E-state index >= 15 is 0 Å². The van der Waals surface area contributed by atoms with Crippen LogP contribution in [0.25, 0.3) is 11.3 Å². The number of aromatic amines is 1. The standard InChI is InChI=1S/C20H27N5O2/c26-20(18-3-1-17(2-4-18)19-5-6-21-22-19)25-11-9-23(10-12-25)7-8-24-13-15-27-16-14-24/h1-6H,7-16H2,(H,21,22). The van der Waals surface area contributed by atoms with Crippen molar-refractivity contribution < 1.29 is 9.53 Å². The van der Waals surface area contributed by atoms with Gasteiger partial charge in [-0.1, -0.05) is 12.1 Å². The molecule has 0 radical (unpaired) electrons. The first-order valence-electron chi connectivity index (χ1n) is 9.71. The van der Waals surface area contributed by atoms with Crippen molar-refractivity contribution in [2.45, 2.75) is 0 Å². The Morgan fingerprint density at radius 1 is 0.926 bits per heavy atom. The summed E-state index contributed by atoms with van der Waals surface area (Å²) in [5.74, 6) is 0.124. The molecule has 7 nitrogen and oxygen atoms in total. The van der Waals surface area contributed by atoms with E-state index in [4.69, 9.17) is 4.74 Å². The number of carbonyl (C=O) groups excluding carboxylic acids is 1. The van der Waals surface area contributed by atoms with Gasteiger partial charge in [-0.25, -0.2) is 0 Å². The van der Waals surface area contributed by atoms with E-state index in [0.717, 1.165) is 82.4 Å². The Labute approximate surface area is 159 Å². The van der Waals surface area contributed by atoms with E-state index in [1.54, 1.807) is 6.20 Å². The van der Waals surface area contributed by atoms with Gasteiger partial charge in [-0.15, -0.1) is 0 Å². The van der Waals surface area contributed by atoms with Crippen molar-refractivity contribution in [1.29, 1.82) is 0 Å². The summed E-state index contributed by atoms with van der Waals surface area (Å²) in [6.07, 6.45) is 1.73. The van der Waals surface area contributed by atoms with E-state index in [1.807, 2.05) is 35.2 Å². The monoisotopic (exact) mass is 369 g/mol.